The van der Waals surface area contributed by atoms with Gasteiger partial charge in [0.05, 0.1) is 6.20 Å². The van der Waals surface area contributed by atoms with Crippen molar-refractivity contribution < 1.29 is 0 Å². The van der Waals surface area contributed by atoms with E-state index >= 15 is 0 Å². The highest BCUT2D eigenvalue weighted by atomic mass is 15.2. The third-order valence-corrected chi connectivity index (χ3v) is 3.45. The molecule has 0 fully saturated rings. The Balaban J connectivity index is 1.87. The van der Waals surface area contributed by atoms with Crippen LogP contribution in [0.4, 0.5) is 0 Å². The Morgan fingerprint density at radius 3 is 2.58 bits per heavy atom. The van der Waals surface area contributed by atoms with Gasteiger partial charge in [0.1, 0.15) is 0 Å². The standard InChI is InChI=1S/C16H23N3/c1-4-16(15-7-5-13(2)6-8-15)17-10-9-14-11-18-19(3)12-14/h5-8,11-12,16-17H,4,9-10H2,1-3H3. The summed E-state index contributed by atoms with van der Waals surface area (Å²) in [6.45, 7) is 5.33. The largest absolute Gasteiger partial charge is 0.310 e. The van der Waals surface area contributed by atoms with Gasteiger partial charge in [0.2, 0.25) is 0 Å². The van der Waals surface area contributed by atoms with Gasteiger partial charge in [0, 0.05) is 19.3 Å². The van der Waals surface area contributed by atoms with Crippen LogP contribution in [0.3, 0.4) is 0 Å². The smallest absolute Gasteiger partial charge is 0.0522 e. The second-order valence-corrected chi connectivity index (χ2v) is 5.10. The molecule has 0 amide bonds. The van der Waals surface area contributed by atoms with E-state index in [4.69, 9.17) is 0 Å². The molecule has 0 spiro atoms. The molecule has 0 aliphatic heterocycles. The topological polar surface area (TPSA) is 29.9 Å². The summed E-state index contributed by atoms with van der Waals surface area (Å²) in [6, 6.07) is 9.25. The number of aromatic nitrogens is 2. The van der Waals surface area contributed by atoms with Gasteiger partial charge in [-0.2, -0.15) is 5.10 Å². The quantitative estimate of drug-likeness (QED) is 0.862. The highest BCUT2D eigenvalue weighted by molar-refractivity contribution is 5.24. The first-order chi connectivity index (χ1) is 9.19. The van der Waals surface area contributed by atoms with E-state index in [-0.39, 0.29) is 0 Å². The number of nitrogens with one attached hydrogen (secondary N) is 1. The van der Waals surface area contributed by atoms with Crippen molar-refractivity contribution in [3.05, 3.63) is 53.3 Å². The predicted octanol–water partition coefficient (Wildman–Crippen LogP) is 3.01. The molecule has 0 aliphatic rings. The normalized spacial score (nSPS) is 12.6. The molecular formula is C16H23N3. The summed E-state index contributed by atoms with van der Waals surface area (Å²) in [5.41, 5.74) is 3.97. The Morgan fingerprint density at radius 1 is 1.26 bits per heavy atom. The zero-order valence-corrected chi connectivity index (χ0v) is 12.1. The molecule has 0 saturated heterocycles. The minimum absolute atomic E-state index is 0.442. The van der Waals surface area contributed by atoms with E-state index in [1.165, 1.54) is 16.7 Å². The molecule has 1 N–H and O–H groups in total. The molecule has 1 heterocycles. The summed E-state index contributed by atoms with van der Waals surface area (Å²) in [7, 11) is 1.96. The Morgan fingerprint density at radius 2 is 2.00 bits per heavy atom. The van der Waals surface area contributed by atoms with E-state index in [1.54, 1.807) is 0 Å². The van der Waals surface area contributed by atoms with E-state index in [2.05, 4.69) is 54.7 Å². The maximum Gasteiger partial charge on any atom is 0.0522 e. The van der Waals surface area contributed by atoms with Gasteiger partial charge >= 0.3 is 0 Å². The van der Waals surface area contributed by atoms with Crippen molar-refractivity contribution in [2.75, 3.05) is 6.54 Å². The van der Waals surface area contributed by atoms with Crippen LogP contribution in [0.5, 0.6) is 0 Å². The van der Waals surface area contributed by atoms with Crippen LogP contribution >= 0.6 is 0 Å². The number of rotatable bonds is 6. The molecular weight excluding hydrogens is 234 g/mol. The first kappa shape index (κ1) is 13.8. The fourth-order valence-electron chi connectivity index (χ4n) is 2.29. The van der Waals surface area contributed by atoms with Gasteiger partial charge < -0.3 is 5.32 Å². The summed E-state index contributed by atoms with van der Waals surface area (Å²) in [5.74, 6) is 0. The SMILES string of the molecule is CCC(NCCc1cnn(C)c1)c1ccc(C)cc1. The third kappa shape index (κ3) is 3.93. The first-order valence-electron chi connectivity index (χ1n) is 6.96. The summed E-state index contributed by atoms with van der Waals surface area (Å²) in [6.07, 6.45) is 6.15. The lowest BCUT2D eigenvalue weighted by molar-refractivity contribution is 0.522. The molecule has 19 heavy (non-hydrogen) atoms. The van der Waals surface area contributed by atoms with Crippen molar-refractivity contribution in [2.24, 2.45) is 7.05 Å². The van der Waals surface area contributed by atoms with E-state index in [0.29, 0.717) is 6.04 Å². The van der Waals surface area contributed by atoms with Gasteiger partial charge in [-0.3, -0.25) is 4.68 Å². The lowest BCUT2D eigenvalue weighted by Gasteiger charge is -2.17. The minimum atomic E-state index is 0.442. The van der Waals surface area contributed by atoms with Crippen LogP contribution < -0.4 is 5.32 Å². The average Bonchev–Trinajstić information content (AvgIpc) is 2.82. The molecule has 102 valence electrons. The molecule has 1 aromatic carbocycles. The lowest BCUT2D eigenvalue weighted by Crippen LogP contribution is -2.23. The van der Waals surface area contributed by atoms with Crippen LogP contribution in [-0.4, -0.2) is 16.3 Å². The van der Waals surface area contributed by atoms with Crippen molar-refractivity contribution in [2.45, 2.75) is 32.7 Å². The molecule has 2 aromatic rings. The highest BCUT2D eigenvalue weighted by Crippen LogP contribution is 2.17. The molecule has 3 nitrogen and oxygen atoms in total. The fourth-order valence-corrected chi connectivity index (χ4v) is 2.29. The zero-order valence-electron chi connectivity index (χ0n) is 12.1. The van der Waals surface area contributed by atoms with Crippen LogP contribution in [0.2, 0.25) is 0 Å². The first-order valence-corrected chi connectivity index (χ1v) is 6.96. The van der Waals surface area contributed by atoms with Gasteiger partial charge in [-0.1, -0.05) is 36.8 Å². The number of benzene rings is 1. The average molecular weight is 257 g/mol. The Kier molecular flexibility index (Phi) is 4.74. The molecule has 1 unspecified atom stereocenters. The van der Waals surface area contributed by atoms with Gasteiger partial charge in [0.15, 0.2) is 0 Å². The molecule has 1 atom stereocenters. The van der Waals surface area contributed by atoms with E-state index < -0.39 is 0 Å². The van der Waals surface area contributed by atoms with Gasteiger partial charge in [-0.15, -0.1) is 0 Å². The van der Waals surface area contributed by atoms with Gasteiger partial charge in [-0.05, 0) is 37.4 Å². The number of hydrogen-bond donors (Lipinski definition) is 1. The second kappa shape index (κ2) is 6.53. The molecule has 0 saturated carbocycles. The molecule has 0 radical (unpaired) electrons. The van der Waals surface area contributed by atoms with Crippen LogP contribution in [-0.2, 0) is 13.5 Å². The van der Waals surface area contributed by atoms with E-state index in [1.807, 2.05) is 17.9 Å². The summed E-state index contributed by atoms with van der Waals surface area (Å²) < 4.78 is 1.85. The van der Waals surface area contributed by atoms with E-state index in [9.17, 15) is 0 Å². The Labute approximate surface area is 115 Å². The monoisotopic (exact) mass is 257 g/mol. The third-order valence-electron chi connectivity index (χ3n) is 3.45. The van der Waals surface area contributed by atoms with E-state index in [0.717, 1.165) is 19.4 Å². The molecule has 3 heteroatoms. The molecule has 2 rings (SSSR count). The summed E-state index contributed by atoms with van der Waals surface area (Å²) >= 11 is 0. The minimum Gasteiger partial charge on any atom is -0.310 e. The van der Waals surface area contributed by atoms with Crippen LogP contribution in [0.25, 0.3) is 0 Å². The maximum atomic E-state index is 4.19. The van der Waals surface area contributed by atoms with Gasteiger partial charge in [-0.25, -0.2) is 0 Å². The number of nitrogens with zero attached hydrogens (tertiary/aromatic N) is 2. The molecule has 0 aliphatic carbocycles. The zero-order chi connectivity index (χ0) is 13.7. The van der Waals surface area contributed by atoms with Crippen molar-refractivity contribution in [3.63, 3.8) is 0 Å². The number of aryl methyl sites for hydroxylation is 2. The number of hydrogen-bond acceptors (Lipinski definition) is 2. The highest BCUT2D eigenvalue weighted by Gasteiger charge is 2.08. The second-order valence-electron chi connectivity index (χ2n) is 5.10. The fraction of sp³-hybridized carbons (Fsp3) is 0.438. The Bertz CT molecular complexity index is 499. The van der Waals surface area contributed by atoms with Crippen LogP contribution in [0, 0.1) is 6.92 Å². The maximum absolute atomic E-state index is 4.19. The lowest BCUT2D eigenvalue weighted by atomic mass is 10.0. The molecule has 1 aromatic heterocycles. The van der Waals surface area contributed by atoms with Crippen molar-refractivity contribution >= 4 is 0 Å². The van der Waals surface area contributed by atoms with Crippen molar-refractivity contribution in [1.29, 1.82) is 0 Å². The van der Waals surface area contributed by atoms with Crippen LogP contribution in [0.1, 0.15) is 36.1 Å². The summed E-state index contributed by atoms with van der Waals surface area (Å²) in [5, 5.41) is 7.82. The summed E-state index contributed by atoms with van der Waals surface area (Å²) in [4.78, 5) is 0. The van der Waals surface area contributed by atoms with Crippen LogP contribution in [0.15, 0.2) is 36.7 Å². The van der Waals surface area contributed by atoms with Crippen molar-refractivity contribution in [1.82, 2.24) is 15.1 Å². The predicted molar refractivity (Wildman–Crippen MR) is 79.1 cm³/mol. The van der Waals surface area contributed by atoms with Gasteiger partial charge in [0.25, 0.3) is 0 Å². The Hall–Kier alpha value is -1.61. The van der Waals surface area contributed by atoms with Crippen molar-refractivity contribution in [3.8, 4) is 0 Å². The molecule has 0 bridgehead atoms.